The molecule has 0 atom stereocenters. The molecule has 0 N–H and O–H groups in total. The molecule has 5 rings (SSSR count). The standard InChI is InChI=1S/C24H23N5O2S/c1-27-23(30)19-10-4-5-11-20(19)29-22(25-26-24(27)29)16-28(15-18-9-7-13-32-18)14-17-8-3-6-12-21(17)31-2/h3-13H,14-16H2,1-2H3. The van der Waals surface area contributed by atoms with E-state index in [1.807, 2.05) is 46.9 Å². The summed E-state index contributed by atoms with van der Waals surface area (Å²) >= 11 is 1.73. The first-order valence-electron chi connectivity index (χ1n) is 10.3. The van der Waals surface area contributed by atoms with Crippen LogP contribution in [0.1, 0.15) is 16.3 Å². The van der Waals surface area contributed by atoms with Gasteiger partial charge in [-0.2, -0.15) is 0 Å². The number of hydrogen-bond donors (Lipinski definition) is 0. The van der Waals surface area contributed by atoms with Gasteiger partial charge >= 0.3 is 0 Å². The van der Waals surface area contributed by atoms with Gasteiger partial charge in [0.1, 0.15) is 5.75 Å². The molecule has 0 aliphatic carbocycles. The van der Waals surface area contributed by atoms with Crippen molar-refractivity contribution in [1.29, 1.82) is 0 Å². The van der Waals surface area contributed by atoms with Crippen LogP contribution in [0.4, 0.5) is 0 Å². The lowest BCUT2D eigenvalue weighted by molar-refractivity contribution is 0.239. The first-order valence-corrected chi connectivity index (χ1v) is 11.2. The smallest absolute Gasteiger partial charge is 0.262 e. The summed E-state index contributed by atoms with van der Waals surface area (Å²) in [6.07, 6.45) is 0. The largest absolute Gasteiger partial charge is 0.496 e. The summed E-state index contributed by atoms with van der Waals surface area (Å²) < 4.78 is 9.12. The molecule has 2 aromatic carbocycles. The molecule has 0 unspecified atom stereocenters. The van der Waals surface area contributed by atoms with Crippen molar-refractivity contribution in [3.8, 4) is 5.75 Å². The fourth-order valence-electron chi connectivity index (χ4n) is 4.06. The number of aromatic nitrogens is 4. The zero-order valence-corrected chi connectivity index (χ0v) is 18.7. The molecule has 0 bridgehead atoms. The van der Waals surface area contributed by atoms with E-state index in [9.17, 15) is 4.79 Å². The minimum absolute atomic E-state index is 0.0727. The molecule has 0 saturated carbocycles. The van der Waals surface area contributed by atoms with E-state index in [4.69, 9.17) is 4.74 Å². The highest BCUT2D eigenvalue weighted by Crippen LogP contribution is 2.23. The Hall–Kier alpha value is -3.49. The predicted octanol–water partition coefficient (Wildman–Crippen LogP) is 3.85. The van der Waals surface area contributed by atoms with E-state index in [0.29, 0.717) is 24.3 Å². The number of rotatable bonds is 7. The van der Waals surface area contributed by atoms with Gasteiger partial charge in [-0.25, -0.2) is 0 Å². The van der Waals surface area contributed by atoms with E-state index in [0.717, 1.165) is 29.2 Å². The molecule has 8 heteroatoms. The van der Waals surface area contributed by atoms with Gasteiger partial charge in [0.2, 0.25) is 5.78 Å². The highest BCUT2D eigenvalue weighted by Gasteiger charge is 2.18. The molecular weight excluding hydrogens is 422 g/mol. The maximum absolute atomic E-state index is 12.8. The molecule has 0 aliphatic rings. The maximum atomic E-state index is 12.8. The Kier molecular flexibility index (Phi) is 5.46. The average Bonchev–Trinajstić information content (AvgIpc) is 3.48. The van der Waals surface area contributed by atoms with Crippen LogP contribution in [-0.4, -0.2) is 31.2 Å². The van der Waals surface area contributed by atoms with Crippen molar-refractivity contribution in [1.82, 2.24) is 24.1 Å². The second-order valence-electron chi connectivity index (χ2n) is 7.67. The van der Waals surface area contributed by atoms with Crippen LogP contribution in [0, 0.1) is 0 Å². The molecule has 32 heavy (non-hydrogen) atoms. The van der Waals surface area contributed by atoms with Crippen LogP contribution in [0.2, 0.25) is 0 Å². The van der Waals surface area contributed by atoms with E-state index in [1.54, 1.807) is 30.1 Å². The summed E-state index contributed by atoms with van der Waals surface area (Å²) in [5.74, 6) is 2.19. The van der Waals surface area contributed by atoms with Crippen molar-refractivity contribution in [2.45, 2.75) is 19.6 Å². The van der Waals surface area contributed by atoms with Crippen LogP contribution in [-0.2, 0) is 26.7 Å². The molecular formula is C24H23N5O2S. The average molecular weight is 446 g/mol. The number of methoxy groups -OCH3 is 1. The number of fused-ring (bicyclic) bond motifs is 3. The summed E-state index contributed by atoms with van der Waals surface area (Å²) in [5.41, 5.74) is 1.85. The number of aryl methyl sites for hydroxylation is 1. The molecule has 0 spiro atoms. The third-order valence-corrected chi connectivity index (χ3v) is 6.47. The Labute approximate surface area is 189 Å². The van der Waals surface area contributed by atoms with Gasteiger partial charge in [0.25, 0.3) is 5.56 Å². The Bertz CT molecular complexity index is 1440. The molecule has 0 radical (unpaired) electrons. The highest BCUT2D eigenvalue weighted by molar-refractivity contribution is 7.09. The van der Waals surface area contributed by atoms with Gasteiger partial charge in [-0.3, -0.25) is 18.7 Å². The second-order valence-corrected chi connectivity index (χ2v) is 8.70. The van der Waals surface area contributed by atoms with Gasteiger partial charge in [0, 0.05) is 30.6 Å². The van der Waals surface area contributed by atoms with E-state index >= 15 is 0 Å². The van der Waals surface area contributed by atoms with Crippen molar-refractivity contribution in [3.05, 3.63) is 92.7 Å². The Morgan fingerprint density at radius 3 is 2.59 bits per heavy atom. The van der Waals surface area contributed by atoms with Gasteiger partial charge in [-0.05, 0) is 29.6 Å². The van der Waals surface area contributed by atoms with Gasteiger partial charge in [0.05, 0.1) is 24.6 Å². The van der Waals surface area contributed by atoms with Crippen molar-refractivity contribution in [2.75, 3.05) is 7.11 Å². The van der Waals surface area contributed by atoms with Crippen LogP contribution < -0.4 is 10.3 Å². The summed E-state index contributed by atoms with van der Waals surface area (Å²) in [4.78, 5) is 16.3. The minimum atomic E-state index is -0.0727. The fraction of sp³-hybridized carbons (Fsp3) is 0.208. The zero-order chi connectivity index (χ0) is 22.1. The lowest BCUT2D eigenvalue weighted by atomic mass is 10.2. The Morgan fingerprint density at radius 1 is 0.969 bits per heavy atom. The SMILES string of the molecule is COc1ccccc1CN(Cc1cccs1)Cc1nnc2n(C)c(=O)c3ccccc3n12. The van der Waals surface area contributed by atoms with Crippen molar-refractivity contribution >= 4 is 28.0 Å². The molecule has 3 aromatic heterocycles. The number of ether oxygens (including phenoxy) is 1. The quantitative estimate of drug-likeness (QED) is 0.381. The Balaban J connectivity index is 1.58. The zero-order valence-electron chi connectivity index (χ0n) is 17.9. The van der Waals surface area contributed by atoms with E-state index in [1.165, 1.54) is 4.88 Å². The Morgan fingerprint density at radius 2 is 1.78 bits per heavy atom. The molecule has 7 nitrogen and oxygen atoms in total. The van der Waals surface area contributed by atoms with Crippen molar-refractivity contribution in [2.24, 2.45) is 7.05 Å². The van der Waals surface area contributed by atoms with Gasteiger partial charge in [-0.1, -0.05) is 36.4 Å². The topological polar surface area (TPSA) is 64.7 Å². The predicted molar refractivity (Wildman–Crippen MR) is 126 cm³/mol. The molecule has 0 saturated heterocycles. The lowest BCUT2D eigenvalue weighted by Crippen LogP contribution is -2.25. The fourth-order valence-corrected chi connectivity index (χ4v) is 4.81. The first kappa shape index (κ1) is 20.4. The first-order chi connectivity index (χ1) is 15.7. The molecule has 162 valence electrons. The van der Waals surface area contributed by atoms with E-state index in [2.05, 4.69) is 38.7 Å². The van der Waals surface area contributed by atoms with Crippen molar-refractivity contribution < 1.29 is 4.74 Å². The van der Waals surface area contributed by atoms with Gasteiger partial charge in [0.15, 0.2) is 5.82 Å². The number of nitrogens with zero attached hydrogens (tertiary/aromatic N) is 5. The number of benzene rings is 2. The number of thiophene rings is 1. The monoisotopic (exact) mass is 445 g/mol. The molecule has 0 fully saturated rings. The summed E-state index contributed by atoms with van der Waals surface area (Å²) in [7, 11) is 3.43. The molecule has 5 aromatic rings. The summed E-state index contributed by atoms with van der Waals surface area (Å²) in [6.45, 7) is 2.04. The molecule has 3 heterocycles. The van der Waals surface area contributed by atoms with E-state index < -0.39 is 0 Å². The van der Waals surface area contributed by atoms with Crippen LogP contribution in [0.25, 0.3) is 16.7 Å². The van der Waals surface area contributed by atoms with Crippen LogP contribution >= 0.6 is 11.3 Å². The third-order valence-electron chi connectivity index (χ3n) is 5.60. The third kappa shape index (κ3) is 3.68. The lowest BCUT2D eigenvalue weighted by Gasteiger charge is -2.22. The molecule has 0 amide bonds. The van der Waals surface area contributed by atoms with Crippen LogP contribution in [0.3, 0.4) is 0 Å². The number of hydrogen-bond acceptors (Lipinski definition) is 6. The van der Waals surface area contributed by atoms with Gasteiger partial charge < -0.3 is 4.74 Å². The summed E-state index contributed by atoms with van der Waals surface area (Å²) in [6, 6.07) is 19.9. The minimum Gasteiger partial charge on any atom is -0.496 e. The van der Waals surface area contributed by atoms with Crippen molar-refractivity contribution in [3.63, 3.8) is 0 Å². The maximum Gasteiger partial charge on any atom is 0.262 e. The number of para-hydroxylation sites is 2. The van der Waals surface area contributed by atoms with Crippen LogP contribution in [0.15, 0.2) is 70.8 Å². The van der Waals surface area contributed by atoms with Gasteiger partial charge in [-0.15, -0.1) is 21.5 Å². The second kappa shape index (κ2) is 8.57. The molecule has 0 aliphatic heterocycles. The van der Waals surface area contributed by atoms with E-state index in [-0.39, 0.29) is 5.56 Å². The normalized spacial score (nSPS) is 11.6. The van der Waals surface area contributed by atoms with Crippen LogP contribution in [0.5, 0.6) is 5.75 Å². The highest BCUT2D eigenvalue weighted by atomic mass is 32.1. The summed E-state index contributed by atoms with van der Waals surface area (Å²) in [5, 5.41) is 11.6.